The highest BCUT2D eigenvalue weighted by Gasteiger charge is 2.11. The average molecular weight is 283 g/mol. The minimum Gasteiger partial charge on any atom is -0.429 e. The number of nitrogens with zero attached hydrogens (tertiary/aromatic N) is 1. The monoisotopic (exact) mass is 283 g/mol. The Balaban J connectivity index is 0.00000154. The second-order valence-corrected chi connectivity index (χ2v) is 3.80. The van der Waals surface area contributed by atoms with Gasteiger partial charge in [0.1, 0.15) is 5.69 Å². The van der Waals surface area contributed by atoms with E-state index in [9.17, 15) is 4.79 Å². The summed E-state index contributed by atoms with van der Waals surface area (Å²) >= 11 is 5.05. The molecular formula is C13H21N3O2S. The molecule has 0 aliphatic heterocycles. The normalized spacial score (nSPS) is 8.68. The van der Waals surface area contributed by atoms with Gasteiger partial charge in [-0.1, -0.05) is 19.9 Å². The van der Waals surface area contributed by atoms with Crippen LogP contribution in [0.2, 0.25) is 0 Å². The number of rotatable bonds is 4. The first-order valence-electron chi connectivity index (χ1n) is 6.00. The van der Waals surface area contributed by atoms with Gasteiger partial charge in [0.25, 0.3) is 5.17 Å². The lowest BCUT2D eigenvalue weighted by molar-refractivity contribution is -0.105. The highest BCUT2D eigenvalue weighted by atomic mass is 32.1. The van der Waals surface area contributed by atoms with Crippen LogP contribution in [0.5, 0.6) is 5.75 Å². The average Bonchev–Trinajstić information content (AvgIpc) is 2.43. The molecule has 0 bridgehead atoms. The van der Waals surface area contributed by atoms with Crippen molar-refractivity contribution in [1.29, 1.82) is 0 Å². The summed E-state index contributed by atoms with van der Waals surface area (Å²) in [6.07, 6.45) is 0.599. The highest BCUT2D eigenvalue weighted by Crippen LogP contribution is 2.32. The lowest BCUT2D eigenvalue weighted by atomic mass is 10.2. The van der Waals surface area contributed by atoms with Crippen molar-refractivity contribution >= 4 is 35.2 Å². The molecule has 0 aromatic heterocycles. The second kappa shape index (κ2) is 9.16. The van der Waals surface area contributed by atoms with Gasteiger partial charge in [0, 0.05) is 21.1 Å². The van der Waals surface area contributed by atoms with E-state index < -0.39 is 0 Å². The number of amides is 1. The Morgan fingerprint density at radius 3 is 2.47 bits per heavy atom. The van der Waals surface area contributed by atoms with Crippen molar-refractivity contribution in [1.82, 2.24) is 4.90 Å². The van der Waals surface area contributed by atoms with E-state index in [2.05, 4.69) is 10.6 Å². The zero-order valence-corrected chi connectivity index (χ0v) is 12.8. The number of carbonyl (C=O) groups is 1. The van der Waals surface area contributed by atoms with Gasteiger partial charge in [-0.05, 0) is 24.4 Å². The maximum absolute atomic E-state index is 10.6. The van der Waals surface area contributed by atoms with Crippen molar-refractivity contribution < 1.29 is 9.53 Å². The molecule has 0 spiro atoms. The Morgan fingerprint density at radius 1 is 1.37 bits per heavy atom. The van der Waals surface area contributed by atoms with Gasteiger partial charge in [-0.15, -0.1) is 0 Å². The summed E-state index contributed by atoms with van der Waals surface area (Å²) in [6.45, 7) is 4.00. The summed E-state index contributed by atoms with van der Waals surface area (Å²) in [5.74, 6) is 0.502. The van der Waals surface area contributed by atoms with Crippen LogP contribution in [0.4, 0.5) is 11.4 Å². The van der Waals surface area contributed by atoms with E-state index in [1.165, 1.54) is 0 Å². The predicted molar refractivity (Wildman–Crippen MR) is 83.9 cm³/mol. The summed E-state index contributed by atoms with van der Waals surface area (Å²) in [4.78, 5) is 12.2. The first-order chi connectivity index (χ1) is 9.10. The molecule has 1 aromatic rings. The maximum atomic E-state index is 10.6. The number of hydrogen-bond acceptors (Lipinski definition) is 4. The summed E-state index contributed by atoms with van der Waals surface area (Å²) in [5, 5.41) is 5.88. The molecule has 1 aromatic carbocycles. The second-order valence-electron chi connectivity index (χ2n) is 3.45. The SMILES string of the molecule is CC.CNc1cccc(OC(=S)N(C)C)c1NC=O. The van der Waals surface area contributed by atoms with E-state index in [4.69, 9.17) is 17.0 Å². The van der Waals surface area contributed by atoms with Crippen LogP contribution in [0.15, 0.2) is 18.2 Å². The van der Waals surface area contributed by atoms with Gasteiger partial charge in [0.05, 0.1) is 5.69 Å². The van der Waals surface area contributed by atoms with Crippen LogP contribution in [0.1, 0.15) is 13.8 Å². The Morgan fingerprint density at radius 2 is 2.00 bits per heavy atom. The molecule has 0 heterocycles. The number of anilines is 2. The van der Waals surface area contributed by atoms with Crippen LogP contribution in [0.3, 0.4) is 0 Å². The fourth-order valence-electron chi connectivity index (χ4n) is 1.22. The molecule has 0 saturated carbocycles. The molecule has 1 amide bonds. The number of ether oxygens (including phenoxy) is 1. The lowest BCUT2D eigenvalue weighted by Crippen LogP contribution is -2.25. The van der Waals surface area contributed by atoms with Crippen molar-refractivity contribution in [2.45, 2.75) is 13.8 Å². The number of hydrogen-bond donors (Lipinski definition) is 2. The minimum atomic E-state index is 0.326. The van der Waals surface area contributed by atoms with Gasteiger partial charge in [-0.25, -0.2) is 0 Å². The largest absolute Gasteiger partial charge is 0.429 e. The van der Waals surface area contributed by atoms with E-state index >= 15 is 0 Å². The fraction of sp³-hybridized carbons (Fsp3) is 0.385. The Bertz CT molecular complexity index is 422. The summed E-state index contributed by atoms with van der Waals surface area (Å²) in [5.41, 5.74) is 1.32. The topological polar surface area (TPSA) is 53.6 Å². The number of para-hydroxylation sites is 1. The fourth-order valence-corrected chi connectivity index (χ4v) is 1.31. The molecule has 0 aliphatic carbocycles. The van der Waals surface area contributed by atoms with Gasteiger partial charge in [0.2, 0.25) is 6.41 Å². The molecule has 0 unspecified atom stereocenters. The molecule has 6 heteroatoms. The van der Waals surface area contributed by atoms with Crippen molar-refractivity contribution in [2.75, 3.05) is 31.8 Å². The van der Waals surface area contributed by atoms with Gasteiger partial charge in [-0.3, -0.25) is 4.79 Å². The van der Waals surface area contributed by atoms with E-state index in [1.807, 2.05) is 26.0 Å². The maximum Gasteiger partial charge on any atom is 0.264 e. The van der Waals surface area contributed by atoms with Crippen LogP contribution >= 0.6 is 12.2 Å². The molecule has 2 N–H and O–H groups in total. The Labute approximate surface area is 119 Å². The highest BCUT2D eigenvalue weighted by molar-refractivity contribution is 7.80. The van der Waals surface area contributed by atoms with E-state index in [-0.39, 0.29) is 0 Å². The number of thiocarbonyl (C=S) groups is 1. The molecule has 19 heavy (non-hydrogen) atoms. The summed E-state index contributed by atoms with van der Waals surface area (Å²) in [7, 11) is 5.34. The molecule has 106 valence electrons. The van der Waals surface area contributed by atoms with Gasteiger partial charge in [-0.2, -0.15) is 0 Å². The number of nitrogens with one attached hydrogen (secondary N) is 2. The van der Waals surface area contributed by atoms with Gasteiger partial charge in [0.15, 0.2) is 5.75 Å². The minimum absolute atomic E-state index is 0.326. The van der Waals surface area contributed by atoms with E-state index in [1.54, 1.807) is 32.1 Å². The van der Waals surface area contributed by atoms with Crippen molar-refractivity contribution in [3.63, 3.8) is 0 Å². The van der Waals surface area contributed by atoms with Crippen LogP contribution < -0.4 is 15.4 Å². The molecule has 5 nitrogen and oxygen atoms in total. The standard InChI is InChI=1S/C11H15N3O2S.C2H6/c1-12-8-5-4-6-9(10(8)13-7-15)16-11(17)14(2)3;1-2/h4-7,12H,1-3H3,(H,13,15);1-2H3. The van der Waals surface area contributed by atoms with E-state index in [0.717, 1.165) is 5.69 Å². The summed E-state index contributed by atoms with van der Waals surface area (Å²) in [6, 6.07) is 5.38. The molecular weight excluding hydrogens is 262 g/mol. The molecule has 0 atom stereocenters. The van der Waals surface area contributed by atoms with Crippen LogP contribution in [-0.4, -0.2) is 37.6 Å². The van der Waals surface area contributed by atoms with Gasteiger partial charge >= 0.3 is 0 Å². The predicted octanol–water partition coefficient (Wildman–Crippen LogP) is 2.55. The van der Waals surface area contributed by atoms with Crippen molar-refractivity contribution in [3.05, 3.63) is 18.2 Å². The van der Waals surface area contributed by atoms with Crippen LogP contribution in [0, 0.1) is 0 Å². The zero-order valence-electron chi connectivity index (χ0n) is 12.0. The summed E-state index contributed by atoms with van der Waals surface area (Å²) < 4.78 is 5.50. The zero-order chi connectivity index (χ0) is 14.8. The first-order valence-corrected chi connectivity index (χ1v) is 6.41. The van der Waals surface area contributed by atoms with Crippen LogP contribution in [0.25, 0.3) is 0 Å². The molecule has 0 radical (unpaired) electrons. The molecule has 0 aliphatic rings. The molecule has 0 fully saturated rings. The van der Waals surface area contributed by atoms with Crippen molar-refractivity contribution in [3.8, 4) is 5.75 Å². The third-order valence-electron chi connectivity index (χ3n) is 2.06. The quantitative estimate of drug-likeness (QED) is 0.657. The Kier molecular flexibility index (Phi) is 8.28. The lowest BCUT2D eigenvalue weighted by Gasteiger charge is -2.17. The number of carbonyl (C=O) groups excluding carboxylic acids is 1. The van der Waals surface area contributed by atoms with Crippen LogP contribution in [-0.2, 0) is 4.79 Å². The Hall–Kier alpha value is -1.82. The number of benzene rings is 1. The first kappa shape index (κ1) is 17.2. The molecule has 1 rings (SSSR count). The van der Waals surface area contributed by atoms with Gasteiger partial charge < -0.3 is 20.3 Å². The molecule has 0 saturated heterocycles. The smallest absolute Gasteiger partial charge is 0.264 e. The third kappa shape index (κ3) is 5.13. The van der Waals surface area contributed by atoms with E-state index in [0.29, 0.717) is 23.0 Å². The third-order valence-corrected chi connectivity index (χ3v) is 2.51. The van der Waals surface area contributed by atoms with Crippen molar-refractivity contribution in [2.24, 2.45) is 0 Å².